The maximum Gasteiger partial charge on any atom is 0.126 e. The van der Waals surface area contributed by atoms with Crippen molar-refractivity contribution in [1.82, 2.24) is 0 Å². The van der Waals surface area contributed by atoms with Gasteiger partial charge in [0.2, 0.25) is 0 Å². The molecule has 0 aliphatic heterocycles. The summed E-state index contributed by atoms with van der Waals surface area (Å²) in [7, 11) is 0. The summed E-state index contributed by atoms with van der Waals surface area (Å²) in [5.41, 5.74) is 7.20. The van der Waals surface area contributed by atoms with Gasteiger partial charge in [-0.3, -0.25) is 0 Å². The van der Waals surface area contributed by atoms with E-state index < -0.39 is 11.6 Å². The first-order chi connectivity index (χ1) is 9.74. The molecule has 0 aromatic heterocycles. The lowest BCUT2D eigenvalue weighted by atomic mass is 9.65. The third kappa shape index (κ3) is 4.03. The van der Waals surface area contributed by atoms with Crippen LogP contribution in [0.5, 0.6) is 0 Å². The van der Waals surface area contributed by atoms with E-state index in [4.69, 9.17) is 5.73 Å². The SMILES string of the molecule is CCC(C)(C)C1CCC(N)(Cc2cc(F)cc(F)c2)CC1. The van der Waals surface area contributed by atoms with Crippen molar-refractivity contribution in [2.75, 3.05) is 0 Å². The fraction of sp³-hybridized carbons (Fsp3) is 0.667. The number of halogens is 2. The Balaban J connectivity index is 2.02. The van der Waals surface area contributed by atoms with Gasteiger partial charge in [0.15, 0.2) is 0 Å². The Bertz CT molecular complexity index is 468. The Morgan fingerprint density at radius 1 is 1.14 bits per heavy atom. The van der Waals surface area contributed by atoms with Crippen LogP contribution in [0.15, 0.2) is 18.2 Å². The van der Waals surface area contributed by atoms with Crippen LogP contribution < -0.4 is 5.73 Å². The van der Waals surface area contributed by atoms with Crippen LogP contribution in [-0.4, -0.2) is 5.54 Å². The molecule has 0 atom stereocenters. The van der Waals surface area contributed by atoms with Crippen LogP contribution in [0, 0.1) is 23.0 Å². The highest BCUT2D eigenvalue weighted by atomic mass is 19.1. The van der Waals surface area contributed by atoms with Crippen molar-refractivity contribution in [2.24, 2.45) is 17.1 Å². The molecule has 3 heteroatoms. The van der Waals surface area contributed by atoms with Gasteiger partial charge in [0.25, 0.3) is 0 Å². The van der Waals surface area contributed by atoms with Crippen molar-refractivity contribution >= 4 is 0 Å². The van der Waals surface area contributed by atoms with Gasteiger partial charge in [-0.25, -0.2) is 8.78 Å². The minimum atomic E-state index is -0.519. The molecule has 0 unspecified atom stereocenters. The van der Waals surface area contributed by atoms with Crippen molar-refractivity contribution in [3.63, 3.8) is 0 Å². The zero-order valence-electron chi connectivity index (χ0n) is 13.4. The number of hydrogen-bond donors (Lipinski definition) is 1. The van der Waals surface area contributed by atoms with Crippen LogP contribution >= 0.6 is 0 Å². The van der Waals surface area contributed by atoms with Crippen molar-refractivity contribution in [1.29, 1.82) is 0 Å². The second kappa shape index (κ2) is 6.04. The van der Waals surface area contributed by atoms with Crippen LogP contribution in [0.1, 0.15) is 58.4 Å². The lowest BCUT2D eigenvalue weighted by Gasteiger charge is -2.43. The lowest BCUT2D eigenvalue weighted by molar-refractivity contribution is 0.115. The van der Waals surface area contributed by atoms with Gasteiger partial charge < -0.3 is 5.73 Å². The third-order valence-electron chi connectivity index (χ3n) is 5.48. The molecule has 1 aromatic carbocycles. The largest absolute Gasteiger partial charge is 0.325 e. The molecule has 0 spiro atoms. The second-order valence-corrected chi connectivity index (χ2v) is 7.43. The van der Waals surface area contributed by atoms with E-state index in [-0.39, 0.29) is 5.54 Å². The summed E-state index contributed by atoms with van der Waals surface area (Å²) in [6.45, 7) is 6.88. The Labute approximate surface area is 126 Å². The molecule has 2 rings (SSSR count). The fourth-order valence-corrected chi connectivity index (χ4v) is 3.56. The van der Waals surface area contributed by atoms with E-state index in [1.807, 2.05) is 0 Å². The first kappa shape index (κ1) is 16.4. The molecule has 1 aromatic rings. The van der Waals surface area contributed by atoms with E-state index >= 15 is 0 Å². The highest BCUT2D eigenvalue weighted by Gasteiger charge is 2.37. The van der Waals surface area contributed by atoms with E-state index in [9.17, 15) is 8.78 Å². The topological polar surface area (TPSA) is 26.0 Å². The molecule has 0 radical (unpaired) electrons. The molecular weight excluding hydrogens is 268 g/mol. The molecule has 1 fully saturated rings. The highest BCUT2D eigenvalue weighted by Crippen LogP contribution is 2.43. The van der Waals surface area contributed by atoms with E-state index in [1.54, 1.807) is 0 Å². The summed E-state index contributed by atoms with van der Waals surface area (Å²) in [4.78, 5) is 0. The summed E-state index contributed by atoms with van der Waals surface area (Å²) < 4.78 is 26.6. The Kier molecular flexibility index (Phi) is 4.72. The van der Waals surface area contributed by atoms with E-state index in [2.05, 4.69) is 20.8 Å². The number of nitrogens with two attached hydrogens (primary N) is 1. The third-order valence-corrected chi connectivity index (χ3v) is 5.48. The van der Waals surface area contributed by atoms with Gasteiger partial charge in [-0.1, -0.05) is 27.2 Å². The summed E-state index contributed by atoms with van der Waals surface area (Å²) >= 11 is 0. The number of benzene rings is 1. The Hall–Kier alpha value is -0.960. The predicted octanol–water partition coefficient (Wildman–Crippen LogP) is 4.83. The first-order valence-electron chi connectivity index (χ1n) is 7.98. The molecule has 1 aliphatic rings. The molecule has 1 saturated carbocycles. The van der Waals surface area contributed by atoms with Gasteiger partial charge in [-0.2, -0.15) is 0 Å². The van der Waals surface area contributed by atoms with E-state index in [0.29, 0.717) is 23.3 Å². The molecular formula is C18H27F2N. The predicted molar refractivity (Wildman–Crippen MR) is 83.0 cm³/mol. The van der Waals surface area contributed by atoms with Gasteiger partial charge in [0, 0.05) is 11.6 Å². The molecule has 21 heavy (non-hydrogen) atoms. The van der Waals surface area contributed by atoms with Gasteiger partial charge in [0.1, 0.15) is 11.6 Å². The minimum absolute atomic E-state index is 0.319. The van der Waals surface area contributed by atoms with Crippen LogP contribution in [0.3, 0.4) is 0 Å². The van der Waals surface area contributed by atoms with Gasteiger partial charge >= 0.3 is 0 Å². The molecule has 0 heterocycles. The maximum absolute atomic E-state index is 13.3. The molecule has 0 bridgehead atoms. The van der Waals surface area contributed by atoms with Crippen molar-refractivity contribution in [3.05, 3.63) is 35.4 Å². The van der Waals surface area contributed by atoms with Crippen molar-refractivity contribution in [2.45, 2.75) is 64.8 Å². The smallest absolute Gasteiger partial charge is 0.126 e. The molecule has 2 N–H and O–H groups in total. The summed E-state index contributed by atoms with van der Waals surface area (Å²) in [6.07, 6.45) is 5.80. The Morgan fingerprint density at radius 3 is 2.14 bits per heavy atom. The monoisotopic (exact) mass is 295 g/mol. The zero-order chi connectivity index (χ0) is 15.7. The van der Waals surface area contributed by atoms with Gasteiger partial charge in [0.05, 0.1) is 0 Å². The van der Waals surface area contributed by atoms with Crippen LogP contribution in [0.4, 0.5) is 8.78 Å². The second-order valence-electron chi connectivity index (χ2n) is 7.43. The Morgan fingerprint density at radius 2 is 1.67 bits per heavy atom. The first-order valence-corrected chi connectivity index (χ1v) is 7.98. The van der Waals surface area contributed by atoms with E-state index in [1.165, 1.54) is 18.6 Å². The average Bonchev–Trinajstić information content (AvgIpc) is 2.37. The minimum Gasteiger partial charge on any atom is -0.325 e. The van der Waals surface area contributed by atoms with Crippen LogP contribution in [0.25, 0.3) is 0 Å². The maximum atomic E-state index is 13.3. The summed E-state index contributed by atoms with van der Waals surface area (Å²) in [6, 6.07) is 3.72. The van der Waals surface area contributed by atoms with Gasteiger partial charge in [-0.05, 0) is 61.1 Å². The lowest BCUT2D eigenvalue weighted by Crippen LogP contribution is -2.47. The summed E-state index contributed by atoms with van der Waals surface area (Å²) in [5, 5.41) is 0. The average molecular weight is 295 g/mol. The standard InChI is InChI=1S/C18H27F2N/c1-4-17(2,3)14-5-7-18(21,8-6-14)12-13-9-15(19)11-16(20)10-13/h9-11,14H,4-8,12,21H2,1-3H3. The van der Waals surface area contributed by atoms with Crippen LogP contribution in [-0.2, 0) is 6.42 Å². The molecule has 1 aliphatic carbocycles. The summed E-state index contributed by atoms with van der Waals surface area (Å²) in [5.74, 6) is -0.341. The quantitative estimate of drug-likeness (QED) is 0.845. The number of hydrogen-bond acceptors (Lipinski definition) is 1. The molecule has 0 saturated heterocycles. The van der Waals surface area contributed by atoms with Crippen molar-refractivity contribution < 1.29 is 8.78 Å². The molecule has 0 amide bonds. The molecule has 1 nitrogen and oxygen atoms in total. The highest BCUT2D eigenvalue weighted by molar-refractivity contribution is 5.20. The van der Waals surface area contributed by atoms with Crippen molar-refractivity contribution in [3.8, 4) is 0 Å². The molecule has 118 valence electrons. The zero-order valence-corrected chi connectivity index (χ0v) is 13.4. The van der Waals surface area contributed by atoms with Gasteiger partial charge in [-0.15, -0.1) is 0 Å². The van der Waals surface area contributed by atoms with E-state index in [0.717, 1.165) is 31.7 Å². The normalized spacial score (nSPS) is 26.9. The fourth-order valence-electron chi connectivity index (χ4n) is 3.56. The number of rotatable bonds is 4. The van der Waals surface area contributed by atoms with Crippen LogP contribution in [0.2, 0.25) is 0 Å².